The molecule has 6 heteroatoms. The fourth-order valence-corrected chi connectivity index (χ4v) is 10.7. The predicted molar refractivity (Wildman–Crippen MR) is 329 cm³/mol. The number of esters is 1. The number of hydrogen-bond donors (Lipinski definition) is 3. The predicted octanol–water partition coefficient (Wildman–Crippen LogP) is 21.8. The Bertz CT molecular complexity index is 1170. The Labute approximate surface area is 469 Å². The van der Waals surface area contributed by atoms with Gasteiger partial charge in [-0.1, -0.05) is 334 Å². The summed E-state index contributed by atoms with van der Waals surface area (Å²) in [5.41, 5.74) is 0. The molecule has 75 heavy (non-hydrogen) atoms. The quantitative estimate of drug-likeness (QED) is 0.0320. The summed E-state index contributed by atoms with van der Waals surface area (Å²) in [6.45, 7) is 4.93. The molecule has 2 unspecified atom stereocenters. The number of amides is 1. The van der Waals surface area contributed by atoms with Gasteiger partial charge in [-0.3, -0.25) is 9.59 Å². The first-order valence-electron chi connectivity index (χ1n) is 34.1. The molecular weight excluding hydrogens is 923 g/mol. The van der Waals surface area contributed by atoms with E-state index in [1.807, 2.05) is 6.08 Å². The summed E-state index contributed by atoms with van der Waals surface area (Å²) in [5, 5.41) is 23.2. The zero-order valence-corrected chi connectivity index (χ0v) is 50.8. The molecule has 0 heterocycles. The molecule has 0 aliphatic rings. The number of hydrogen-bond acceptors (Lipinski definition) is 5. The van der Waals surface area contributed by atoms with Crippen LogP contribution >= 0.6 is 0 Å². The second-order valence-corrected chi connectivity index (χ2v) is 23.5. The van der Waals surface area contributed by atoms with Crippen LogP contribution in [0.25, 0.3) is 0 Å². The van der Waals surface area contributed by atoms with E-state index >= 15 is 0 Å². The molecule has 0 rings (SSSR count). The van der Waals surface area contributed by atoms with Crippen LogP contribution in [0, 0.1) is 0 Å². The Hall–Kier alpha value is -1.66. The molecule has 0 aliphatic heterocycles. The highest BCUT2D eigenvalue weighted by atomic mass is 16.5. The van der Waals surface area contributed by atoms with Crippen molar-refractivity contribution in [1.82, 2.24) is 5.32 Å². The molecule has 6 nitrogen and oxygen atoms in total. The molecule has 1 amide bonds. The molecule has 2 atom stereocenters. The molecule has 0 fully saturated rings. The number of carbonyl (C=O) groups is 2. The van der Waals surface area contributed by atoms with Crippen LogP contribution in [-0.2, 0) is 14.3 Å². The Morgan fingerprint density at radius 1 is 0.360 bits per heavy atom. The summed E-state index contributed by atoms with van der Waals surface area (Å²) in [6, 6.07) is -0.632. The number of nitrogens with one attached hydrogen (secondary N) is 1. The molecule has 444 valence electrons. The van der Waals surface area contributed by atoms with Crippen LogP contribution in [0.15, 0.2) is 24.3 Å². The van der Waals surface area contributed by atoms with Crippen LogP contribution in [0.1, 0.15) is 380 Å². The van der Waals surface area contributed by atoms with Crippen LogP contribution in [0.5, 0.6) is 0 Å². The average Bonchev–Trinajstić information content (AvgIpc) is 3.41. The number of aliphatic hydroxyl groups excluding tert-OH is 2. The minimum absolute atomic E-state index is 0.00702. The molecule has 0 saturated carbocycles. The molecule has 3 N–H and O–H groups in total. The average molecular weight is 1060 g/mol. The van der Waals surface area contributed by atoms with Crippen molar-refractivity contribution in [2.24, 2.45) is 0 Å². The summed E-state index contributed by atoms with van der Waals surface area (Å²) in [4.78, 5) is 24.6. The third kappa shape index (κ3) is 61.4. The monoisotopic (exact) mass is 1060 g/mol. The molecule has 0 saturated heterocycles. The van der Waals surface area contributed by atoms with Crippen molar-refractivity contribution < 1.29 is 24.5 Å². The third-order valence-corrected chi connectivity index (χ3v) is 16.0. The molecule has 0 spiro atoms. The van der Waals surface area contributed by atoms with Gasteiger partial charge in [0.2, 0.25) is 5.91 Å². The van der Waals surface area contributed by atoms with E-state index in [-0.39, 0.29) is 18.5 Å². The van der Waals surface area contributed by atoms with Gasteiger partial charge in [0, 0.05) is 12.8 Å². The van der Waals surface area contributed by atoms with Crippen molar-refractivity contribution in [3.63, 3.8) is 0 Å². The second kappa shape index (κ2) is 64.9. The molecular formula is C69H133NO5. The van der Waals surface area contributed by atoms with E-state index < -0.39 is 12.1 Å². The first-order valence-corrected chi connectivity index (χ1v) is 34.1. The van der Waals surface area contributed by atoms with Crippen LogP contribution in [0.4, 0.5) is 0 Å². The number of ether oxygens (including phenoxy) is 1. The van der Waals surface area contributed by atoms with Gasteiger partial charge in [-0.05, 0) is 57.8 Å². The lowest BCUT2D eigenvalue weighted by Crippen LogP contribution is -2.45. The van der Waals surface area contributed by atoms with Crippen molar-refractivity contribution in [2.45, 2.75) is 392 Å². The number of aliphatic hydroxyl groups is 2. The summed E-state index contributed by atoms with van der Waals surface area (Å²) in [7, 11) is 0. The fraction of sp³-hybridized carbons (Fsp3) is 0.913. The maximum atomic E-state index is 12.5. The minimum atomic E-state index is -0.848. The number of rotatable bonds is 64. The number of carbonyl (C=O) groups excluding carboxylic acids is 2. The Morgan fingerprint density at radius 3 is 0.947 bits per heavy atom. The zero-order chi connectivity index (χ0) is 54.3. The summed E-state index contributed by atoms with van der Waals surface area (Å²) >= 11 is 0. The smallest absolute Gasteiger partial charge is 0.305 e. The standard InChI is InChI=1S/C69H133NO5/c1-3-5-7-9-11-13-15-17-19-21-23-24-26-29-33-37-41-45-49-53-57-61-67(72)66(65-71)70-68(73)62-58-54-50-46-42-38-34-30-27-28-32-36-40-44-48-52-56-60-64-75-69(74)63-59-55-51-47-43-39-35-31-25-22-20-18-16-14-12-10-8-6-4-2/h18,20,57,61,66-67,71-72H,3-17,19,21-56,58-60,62-65H2,1-2H3,(H,70,73)/b20-18-,61-57+. The second-order valence-electron chi connectivity index (χ2n) is 23.5. The van der Waals surface area contributed by atoms with E-state index in [4.69, 9.17) is 4.74 Å². The number of allylic oxidation sites excluding steroid dienone is 3. The first-order chi connectivity index (χ1) is 37.0. The fourth-order valence-electron chi connectivity index (χ4n) is 10.7. The third-order valence-electron chi connectivity index (χ3n) is 16.0. The molecule has 0 aliphatic carbocycles. The van der Waals surface area contributed by atoms with Gasteiger partial charge in [-0.2, -0.15) is 0 Å². The maximum absolute atomic E-state index is 12.5. The first kappa shape index (κ1) is 73.3. The van der Waals surface area contributed by atoms with Gasteiger partial charge in [0.1, 0.15) is 0 Å². The van der Waals surface area contributed by atoms with Gasteiger partial charge >= 0.3 is 5.97 Å². The van der Waals surface area contributed by atoms with Gasteiger partial charge in [-0.15, -0.1) is 0 Å². The van der Waals surface area contributed by atoms with Crippen molar-refractivity contribution in [1.29, 1.82) is 0 Å². The van der Waals surface area contributed by atoms with Gasteiger partial charge in [0.15, 0.2) is 0 Å². The van der Waals surface area contributed by atoms with Gasteiger partial charge in [-0.25, -0.2) is 0 Å². The molecule has 0 aromatic heterocycles. The van der Waals surface area contributed by atoms with E-state index in [2.05, 4.69) is 31.3 Å². The van der Waals surface area contributed by atoms with Gasteiger partial charge < -0.3 is 20.3 Å². The number of unbranched alkanes of at least 4 members (excludes halogenated alkanes) is 51. The van der Waals surface area contributed by atoms with E-state index in [1.54, 1.807) is 6.08 Å². The summed E-state index contributed by atoms with van der Waals surface area (Å²) in [5.74, 6) is -0.0611. The van der Waals surface area contributed by atoms with Crippen molar-refractivity contribution in [3.8, 4) is 0 Å². The largest absolute Gasteiger partial charge is 0.466 e. The lowest BCUT2D eigenvalue weighted by molar-refractivity contribution is -0.143. The van der Waals surface area contributed by atoms with Crippen LogP contribution in [0.2, 0.25) is 0 Å². The highest BCUT2D eigenvalue weighted by Crippen LogP contribution is 2.18. The Morgan fingerprint density at radius 2 is 0.627 bits per heavy atom. The molecule has 0 radical (unpaired) electrons. The maximum Gasteiger partial charge on any atom is 0.305 e. The summed E-state index contributed by atoms with van der Waals surface area (Å²) < 4.78 is 5.50. The Balaban J connectivity index is 3.42. The van der Waals surface area contributed by atoms with E-state index in [9.17, 15) is 19.8 Å². The van der Waals surface area contributed by atoms with Crippen molar-refractivity contribution >= 4 is 11.9 Å². The molecule has 0 bridgehead atoms. The van der Waals surface area contributed by atoms with E-state index in [1.165, 1.54) is 308 Å². The van der Waals surface area contributed by atoms with Crippen LogP contribution in [-0.4, -0.2) is 47.4 Å². The summed E-state index contributed by atoms with van der Waals surface area (Å²) in [6.07, 6.45) is 80.9. The molecule has 0 aromatic carbocycles. The SMILES string of the molecule is CCCCCCCC/C=C\CCCCCCCCCCCC(=O)OCCCCCCCCCCCCCCCCCCCCC(=O)NC(CO)C(O)/C=C/CCCCCCCCCCCCCCCCCCCCC. The lowest BCUT2D eigenvalue weighted by atomic mass is 10.0. The van der Waals surface area contributed by atoms with Crippen molar-refractivity contribution in [3.05, 3.63) is 24.3 Å². The van der Waals surface area contributed by atoms with E-state index in [0.29, 0.717) is 19.4 Å². The van der Waals surface area contributed by atoms with Crippen molar-refractivity contribution in [2.75, 3.05) is 13.2 Å². The normalized spacial score (nSPS) is 12.6. The van der Waals surface area contributed by atoms with Crippen LogP contribution < -0.4 is 5.32 Å². The highest BCUT2D eigenvalue weighted by Gasteiger charge is 2.18. The Kier molecular flexibility index (Phi) is 63.4. The van der Waals surface area contributed by atoms with Gasteiger partial charge in [0.25, 0.3) is 0 Å². The minimum Gasteiger partial charge on any atom is -0.466 e. The zero-order valence-electron chi connectivity index (χ0n) is 50.8. The van der Waals surface area contributed by atoms with Gasteiger partial charge in [0.05, 0.1) is 25.4 Å². The molecule has 0 aromatic rings. The van der Waals surface area contributed by atoms with E-state index in [0.717, 1.165) is 44.9 Å². The topological polar surface area (TPSA) is 95.9 Å². The van der Waals surface area contributed by atoms with Crippen LogP contribution in [0.3, 0.4) is 0 Å². The lowest BCUT2D eigenvalue weighted by Gasteiger charge is -2.20. The highest BCUT2D eigenvalue weighted by molar-refractivity contribution is 5.76.